The van der Waals surface area contributed by atoms with E-state index in [0.717, 1.165) is 12.8 Å². The summed E-state index contributed by atoms with van der Waals surface area (Å²) in [5.74, 6) is 0.321. The molecule has 2 rings (SSSR count). The van der Waals surface area contributed by atoms with Gasteiger partial charge in [-0.25, -0.2) is 0 Å². The number of Topliss-reactive ketones (excluding diaryl/α,β-unsaturated/α-hetero) is 1. The van der Waals surface area contributed by atoms with Crippen molar-refractivity contribution in [3.05, 3.63) is 22.6 Å². The fourth-order valence-corrected chi connectivity index (χ4v) is 1.70. The van der Waals surface area contributed by atoms with Crippen LogP contribution < -0.4 is 0 Å². The van der Waals surface area contributed by atoms with Crippen LogP contribution in [0.5, 0.6) is 0 Å². The number of carbonyl (C=O) groups excluding carboxylic acids is 1. The quantitative estimate of drug-likeness (QED) is 0.751. The Balaban J connectivity index is 2.12. The van der Waals surface area contributed by atoms with Crippen LogP contribution in [0.4, 0.5) is 0 Å². The third-order valence-electron chi connectivity index (χ3n) is 2.04. The average molecular weight is 245 g/mol. The normalized spacial score (nSPS) is 22.1. The van der Waals surface area contributed by atoms with Gasteiger partial charge in [0.25, 0.3) is 0 Å². The molecule has 2 heterocycles. The van der Waals surface area contributed by atoms with Crippen LogP contribution in [0.25, 0.3) is 0 Å². The molecule has 1 atom stereocenters. The van der Waals surface area contributed by atoms with E-state index < -0.39 is 0 Å². The molecule has 1 aliphatic heterocycles. The summed E-state index contributed by atoms with van der Waals surface area (Å²) >= 11 is 3.15. The maximum atomic E-state index is 11.6. The van der Waals surface area contributed by atoms with E-state index in [1.165, 1.54) is 0 Å². The molecular formula is C9H9BrO3. The van der Waals surface area contributed by atoms with Gasteiger partial charge in [0.15, 0.2) is 10.4 Å². The predicted molar refractivity (Wildman–Crippen MR) is 49.7 cm³/mol. The molecule has 0 N–H and O–H groups in total. The molecule has 4 heteroatoms. The molecule has 13 heavy (non-hydrogen) atoms. The van der Waals surface area contributed by atoms with E-state index in [2.05, 4.69) is 15.9 Å². The number of furan rings is 1. The number of hydrogen-bond donors (Lipinski definition) is 0. The van der Waals surface area contributed by atoms with Crippen LogP contribution in [0.15, 0.2) is 21.2 Å². The van der Waals surface area contributed by atoms with Gasteiger partial charge in [-0.2, -0.15) is 0 Å². The lowest BCUT2D eigenvalue weighted by Gasteiger charge is -2.04. The Kier molecular flexibility index (Phi) is 2.51. The van der Waals surface area contributed by atoms with Gasteiger partial charge < -0.3 is 9.15 Å². The molecule has 0 aromatic carbocycles. The van der Waals surface area contributed by atoms with Crippen LogP contribution in [-0.2, 0) is 4.74 Å². The summed E-state index contributed by atoms with van der Waals surface area (Å²) in [5.41, 5.74) is 0. The van der Waals surface area contributed by atoms with Crippen molar-refractivity contribution in [2.45, 2.75) is 18.9 Å². The van der Waals surface area contributed by atoms with Gasteiger partial charge in [-0.3, -0.25) is 4.79 Å². The number of hydrogen-bond acceptors (Lipinski definition) is 3. The molecule has 0 radical (unpaired) electrons. The van der Waals surface area contributed by atoms with Crippen LogP contribution in [-0.4, -0.2) is 18.5 Å². The minimum absolute atomic E-state index is 0.0526. The third-order valence-corrected chi connectivity index (χ3v) is 2.46. The zero-order valence-corrected chi connectivity index (χ0v) is 8.54. The Morgan fingerprint density at radius 2 is 2.38 bits per heavy atom. The Morgan fingerprint density at radius 1 is 1.54 bits per heavy atom. The highest BCUT2D eigenvalue weighted by Gasteiger charge is 2.26. The molecule has 1 aromatic rings. The highest BCUT2D eigenvalue weighted by molar-refractivity contribution is 9.10. The highest BCUT2D eigenvalue weighted by Crippen LogP contribution is 2.20. The van der Waals surface area contributed by atoms with Crippen molar-refractivity contribution in [1.29, 1.82) is 0 Å². The van der Waals surface area contributed by atoms with Crippen molar-refractivity contribution in [2.24, 2.45) is 0 Å². The first-order valence-electron chi connectivity index (χ1n) is 4.18. The summed E-state index contributed by atoms with van der Waals surface area (Å²) in [6.45, 7) is 0.679. The predicted octanol–water partition coefficient (Wildman–Crippen LogP) is 2.40. The summed E-state index contributed by atoms with van der Waals surface area (Å²) in [4.78, 5) is 11.6. The fraction of sp³-hybridized carbons (Fsp3) is 0.444. The lowest BCUT2D eigenvalue weighted by Crippen LogP contribution is -2.18. The molecule has 0 aliphatic carbocycles. The Hall–Kier alpha value is -0.610. The number of ketones is 1. The Bertz CT molecular complexity index is 312. The zero-order chi connectivity index (χ0) is 9.26. The van der Waals surface area contributed by atoms with Crippen molar-refractivity contribution < 1.29 is 13.9 Å². The number of halogens is 1. The van der Waals surface area contributed by atoms with Crippen LogP contribution >= 0.6 is 15.9 Å². The largest absolute Gasteiger partial charge is 0.446 e. The number of carbonyl (C=O) groups is 1. The second-order valence-corrected chi connectivity index (χ2v) is 3.75. The van der Waals surface area contributed by atoms with E-state index >= 15 is 0 Å². The summed E-state index contributed by atoms with van der Waals surface area (Å²) in [7, 11) is 0. The second-order valence-electron chi connectivity index (χ2n) is 2.97. The molecule has 1 saturated heterocycles. The van der Waals surface area contributed by atoms with E-state index in [1.807, 2.05) is 0 Å². The molecule has 1 aromatic heterocycles. The molecule has 1 fully saturated rings. The van der Waals surface area contributed by atoms with Crippen LogP contribution in [0.1, 0.15) is 23.4 Å². The van der Waals surface area contributed by atoms with Crippen LogP contribution in [0, 0.1) is 0 Å². The van der Waals surface area contributed by atoms with Gasteiger partial charge in [-0.1, -0.05) is 0 Å². The lowest BCUT2D eigenvalue weighted by atomic mass is 10.1. The molecule has 0 spiro atoms. The molecule has 3 nitrogen and oxygen atoms in total. The van der Waals surface area contributed by atoms with Crippen molar-refractivity contribution in [2.75, 3.05) is 6.61 Å². The Morgan fingerprint density at radius 3 is 2.92 bits per heavy atom. The molecule has 0 bridgehead atoms. The maximum Gasteiger partial charge on any atom is 0.226 e. The topological polar surface area (TPSA) is 39.4 Å². The van der Waals surface area contributed by atoms with Gasteiger partial charge in [0.2, 0.25) is 5.78 Å². The van der Waals surface area contributed by atoms with E-state index in [1.54, 1.807) is 12.1 Å². The van der Waals surface area contributed by atoms with Crippen LogP contribution in [0.2, 0.25) is 0 Å². The smallest absolute Gasteiger partial charge is 0.226 e. The SMILES string of the molecule is O=C(c1ccc(Br)o1)C1CCCO1. The maximum absolute atomic E-state index is 11.6. The van der Waals surface area contributed by atoms with Crippen LogP contribution in [0.3, 0.4) is 0 Å². The first kappa shape index (κ1) is 8.97. The van der Waals surface area contributed by atoms with Gasteiger partial charge in [0, 0.05) is 6.61 Å². The van der Waals surface area contributed by atoms with Gasteiger partial charge in [-0.15, -0.1) is 0 Å². The lowest BCUT2D eigenvalue weighted by molar-refractivity contribution is 0.0614. The molecule has 0 amide bonds. The van der Waals surface area contributed by atoms with E-state index in [4.69, 9.17) is 9.15 Å². The van der Waals surface area contributed by atoms with Crippen molar-refractivity contribution in [1.82, 2.24) is 0 Å². The van der Waals surface area contributed by atoms with Crippen molar-refractivity contribution in [3.8, 4) is 0 Å². The van der Waals surface area contributed by atoms with Gasteiger partial charge in [-0.05, 0) is 40.9 Å². The molecule has 70 valence electrons. The average Bonchev–Trinajstić information content (AvgIpc) is 2.72. The monoisotopic (exact) mass is 244 g/mol. The highest BCUT2D eigenvalue weighted by atomic mass is 79.9. The Labute approximate surface area is 84.2 Å². The summed E-state index contributed by atoms with van der Waals surface area (Å²) < 4.78 is 11.0. The van der Waals surface area contributed by atoms with Gasteiger partial charge >= 0.3 is 0 Å². The minimum atomic E-state index is -0.293. The summed E-state index contributed by atoms with van der Waals surface area (Å²) in [6.07, 6.45) is 1.47. The second kappa shape index (κ2) is 3.64. The van der Waals surface area contributed by atoms with Crippen molar-refractivity contribution >= 4 is 21.7 Å². The molecule has 1 aliphatic rings. The summed E-state index contributed by atoms with van der Waals surface area (Å²) in [5, 5.41) is 0. The van der Waals surface area contributed by atoms with Crippen molar-refractivity contribution in [3.63, 3.8) is 0 Å². The minimum Gasteiger partial charge on any atom is -0.446 e. The van der Waals surface area contributed by atoms with E-state index in [-0.39, 0.29) is 11.9 Å². The number of ether oxygens (including phenoxy) is 1. The van der Waals surface area contributed by atoms with E-state index in [0.29, 0.717) is 17.0 Å². The first-order chi connectivity index (χ1) is 6.27. The molecular weight excluding hydrogens is 236 g/mol. The van der Waals surface area contributed by atoms with Gasteiger partial charge in [0.05, 0.1) is 0 Å². The molecule has 1 unspecified atom stereocenters. The number of rotatable bonds is 2. The molecule has 0 saturated carbocycles. The zero-order valence-electron chi connectivity index (χ0n) is 6.96. The third kappa shape index (κ3) is 1.84. The fourth-order valence-electron chi connectivity index (χ4n) is 1.39. The standard InChI is InChI=1S/C9H9BrO3/c10-8-4-3-7(13-8)9(11)6-2-1-5-12-6/h3-4,6H,1-2,5H2. The van der Waals surface area contributed by atoms with Gasteiger partial charge in [0.1, 0.15) is 6.10 Å². The summed E-state index contributed by atoms with van der Waals surface area (Å²) in [6, 6.07) is 3.37. The first-order valence-corrected chi connectivity index (χ1v) is 4.98. The van der Waals surface area contributed by atoms with E-state index in [9.17, 15) is 4.79 Å².